The second-order valence-electron chi connectivity index (χ2n) is 3.66. The molecule has 2 amide bonds. The Bertz CT molecular complexity index is 474. The maximum atomic E-state index is 11.7. The van der Waals surface area contributed by atoms with Gasteiger partial charge in [-0.3, -0.25) is 0 Å². The fraction of sp³-hybridized carbons (Fsp3) is 0.250. The molecule has 1 heterocycles. The van der Waals surface area contributed by atoms with Crippen LogP contribution in [0, 0.1) is 10.2 Å². The first-order chi connectivity index (χ1) is 8.22. The SMILES string of the molecule is N#C[Se]c1ccc(N2C(=O)CCCC2=O)cc1. The van der Waals surface area contributed by atoms with E-state index in [4.69, 9.17) is 5.26 Å². The third-order valence-corrected chi connectivity index (χ3v) is 3.80. The maximum absolute atomic E-state index is 11.7. The first-order valence-corrected chi connectivity index (χ1v) is 6.95. The van der Waals surface area contributed by atoms with Crippen molar-refractivity contribution in [3.8, 4) is 4.97 Å². The number of anilines is 1. The van der Waals surface area contributed by atoms with Crippen LogP contribution >= 0.6 is 0 Å². The molecule has 0 unspecified atom stereocenters. The molecule has 1 aromatic rings. The third-order valence-electron chi connectivity index (χ3n) is 2.54. The van der Waals surface area contributed by atoms with Crippen LogP contribution in [0.1, 0.15) is 19.3 Å². The Hall–Kier alpha value is -1.63. The molecule has 0 aliphatic carbocycles. The van der Waals surface area contributed by atoms with E-state index in [-0.39, 0.29) is 26.8 Å². The zero-order chi connectivity index (χ0) is 12.3. The monoisotopic (exact) mass is 294 g/mol. The Morgan fingerprint density at radius 3 is 2.24 bits per heavy atom. The molecule has 0 atom stereocenters. The first-order valence-electron chi connectivity index (χ1n) is 5.24. The van der Waals surface area contributed by atoms with Crippen LogP contribution in [-0.4, -0.2) is 26.8 Å². The van der Waals surface area contributed by atoms with E-state index in [1.54, 1.807) is 24.3 Å². The summed E-state index contributed by atoms with van der Waals surface area (Å²) >= 11 is -0.200. The molecule has 0 radical (unpaired) electrons. The van der Waals surface area contributed by atoms with Crippen LogP contribution in [-0.2, 0) is 9.59 Å². The molecule has 0 aromatic heterocycles. The zero-order valence-electron chi connectivity index (χ0n) is 9.05. The number of hydrogen-bond acceptors (Lipinski definition) is 3. The van der Waals surface area contributed by atoms with E-state index in [9.17, 15) is 9.59 Å². The van der Waals surface area contributed by atoms with Gasteiger partial charge in [0.1, 0.15) is 0 Å². The standard InChI is InChI=1S/C12H10N2O2Se/c13-8-17-10-6-4-9(5-7-10)14-11(15)2-1-3-12(14)16/h4-7H,1-3H2. The fourth-order valence-corrected chi connectivity index (χ4v) is 2.55. The molecule has 0 spiro atoms. The normalized spacial score (nSPS) is 15.8. The number of nitriles is 1. The van der Waals surface area contributed by atoms with Crippen molar-refractivity contribution in [1.29, 1.82) is 5.26 Å². The number of carbonyl (C=O) groups excluding carboxylic acids is 2. The van der Waals surface area contributed by atoms with Gasteiger partial charge >= 0.3 is 105 Å². The molecule has 1 saturated heterocycles. The van der Waals surface area contributed by atoms with Crippen LogP contribution in [0.5, 0.6) is 0 Å². The van der Waals surface area contributed by atoms with E-state index in [0.717, 1.165) is 4.46 Å². The number of imide groups is 1. The van der Waals surface area contributed by atoms with Gasteiger partial charge in [-0.1, -0.05) is 0 Å². The minimum absolute atomic E-state index is 0.139. The van der Waals surface area contributed by atoms with Crippen molar-refractivity contribution < 1.29 is 9.59 Å². The summed E-state index contributed by atoms with van der Waals surface area (Å²) in [6.45, 7) is 0. The molecule has 1 aliphatic rings. The second-order valence-corrected chi connectivity index (χ2v) is 5.46. The van der Waals surface area contributed by atoms with Crippen LogP contribution in [0.25, 0.3) is 0 Å². The Labute approximate surface area is 105 Å². The average molecular weight is 293 g/mol. The Morgan fingerprint density at radius 2 is 1.71 bits per heavy atom. The van der Waals surface area contributed by atoms with Crippen molar-refractivity contribution in [3.05, 3.63) is 24.3 Å². The van der Waals surface area contributed by atoms with Gasteiger partial charge in [-0.15, -0.1) is 0 Å². The van der Waals surface area contributed by atoms with E-state index < -0.39 is 0 Å². The predicted molar refractivity (Wildman–Crippen MR) is 63.8 cm³/mol. The molecule has 1 aromatic carbocycles. The number of piperidine rings is 1. The van der Waals surface area contributed by atoms with Gasteiger partial charge in [0, 0.05) is 0 Å². The summed E-state index contributed by atoms with van der Waals surface area (Å²) in [6, 6.07) is 7.06. The molecule has 0 N–H and O–H groups in total. The van der Waals surface area contributed by atoms with Crippen LogP contribution in [0.15, 0.2) is 24.3 Å². The number of rotatable bonds is 2. The van der Waals surface area contributed by atoms with E-state index >= 15 is 0 Å². The summed E-state index contributed by atoms with van der Waals surface area (Å²) in [5.41, 5.74) is 0.609. The number of nitrogens with zero attached hydrogens (tertiary/aromatic N) is 2. The van der Waals surface area contributed by atoms with Crippen molar-refractivity contribution in [2.24, 2.45) is 0 Å². The number of hydrogen-bond donors (Lipinski definition) is 0. The summed E-state index contributed by atoms with van der Waals surface area (Å²) in [7, 11) is 0. The zero-order valence-corrected chi connectivity index (χ0v) is 10.8. The van der Waals surface area contributed by atoms with Gasteiger partial charge in [0.25, 0.3) is 0 Å². The molecule has 1 aliphatic heterocycles. The minimum atomic E-state index is -0.200. The van der Waals surface area contributed by atoms with E-state index in [0.29, 0.717) is 24.9 Å². The molecule has 1 fully saturated rings. The average Bonchev–Trinajstić information content (AvgIpc) is 2.31. The van der Waals surface area contributed by atoms with Crippen LogP contribution in [0.4, 0.5) is 5.69 Å². The van der Waals surface area contributed by atoms with Gasteiger partial charge in [-0.05, 0) is 0 Å². The molecular formula is C12H10N2O2Se. The van der Waals surface area contributed by atoms with Gasteiger partial charge in [0.15, 0.2) is 0 Å². The van der Waals surface area contributed by atoms with Crippen molar-refractivity contribution in [2.75, 3.05) is 4.90 Å². The van der Waals surface area contributed by atoms with Crippen LogP contribution in [0.2, 0.25) is 0 Å². The topological polar surface area (TPSA) is 61.2 Å². The summed E-state index contributed by atoms with van der Waals surface area (Å²) < 4.78 is 0.945. The van der Waals surface area contributed by atoms with Crippen molar-refractivity contribution in [1.82, 2.24) is 0 Å². The Balaban J connectivity index is 2.24. The predicted octanol–water partition coefficient (Wildman–Crippen LogP) is 0.541. The van der Waals surface area contributed by atoms with Gasteiger partial charge < -0.3 is 0 Å². The summed E-state index contributed by atoms with van der Waals surface area (Å²) in [5, 5.41) is 8.58. The molecule has 2 rings (SSSR count). The van der Waals surface area contributed by atoms with Gasteiger partial charge in [-0.25, -0.2) is 0 Å². The second kappa shape index (κ2) is 5.13. The van der Waals surface area contributed by atoms with Gasteiger partial charge in [-0.2, -0.15) is 0 Å². The third kappa shape index (κ3) is 2.55. The van der Waals surface area contributed by atoms with Gasteiger partial charge in [0.2, 0.25) is 0 Å². The summed E-state index contributed by atoms with van der Waals surface area (Å²) in [5.74, 6) is -0.278. The van der Waals surface area contributed by atoms with Crippen molar-refractivity contribution >= 4 is 36.9 Å². The number of benzene rings is 1. The van der Waals surface area contributed by atoms with E-state index in [1.807, 2.05) is 0 Å². The summed E-state index contributed by atoms with van der Waals surface area (Å²) in [6.07, 6.45) is 1.50. The molecule has 86 valence electrons. The van der Waals surface area contributed by atoms with E-state index in [2.05, 4.69) is 4.97 Å². The van der Waals surface area contributed by atoms with Gasteiger partial charge in [0.05, 0.1) is 0 Å². The fourth-order valence-electron chi connectivity index (χ4n) is 1.76. The van der Waals surface area contributed by atoms with Crippen molar-refractivity contribution in [2.45, 2.75) is 19.3 Å². The van der Waals surface area contributed by atoms with Crippen LogP contribution in [0.3, 0.4) is 0 Å². The van der Waals surface area contributed by atoms with E-state index in [1.165, 1.54) is 4.90 Å². The molecule has 0 saturated carbocycles. The first kappa shape index (κ1) is 11.8. The number of carbonyl (C=O) groups is 2. The molecule has 4 nitrogen and oxygen atoms in total. The van der Waals surface area contributed by atoms with Crippen molar-refractivity contribution in [3.63, 3.8) is 0 Å². The Morgan fingerprint density at radius 1 is 1.12 bits per heavy atom. The molecule has 0 bridgehead atoms. The Kier molecular flexibility index (Phi) is 3.58. The van der Waals surface area contributed by atoms with Crippen LogP contribution < -0.4 is 9.36 Å². The molecule has 17 heavy (non-hydrogen) atoms. The quantitative estimate of drug-likeness (QED) is 0.590. The molecule has 5 heteroatoms. The summed E-state index contributed by atoms with van der Waals surface area (Å²) in [4.78, 5) is 26.7. The molecular weight excluding hydrogens is 283 g/mol. The number of amides is 2.